The van der Waals surface area contributed by atoms with Crippen LogP contribution in [0.3, 0.4) is 0 Å². The first-order valence-electron chi connectivity index (χ1n) is 8.12. The molecule has 1 heteroatoms. The third-order valence-corrected chi connectivity index (χ3v) is 5.45. The van der Waals surface area contributed by atoms with Gasteiger partial charge >= 0.3 is 0 Å². The molecule has 1 heterocycles. The van der Waals surface area contributed by atoms with Crippen molar-refractivity contribution in [2.75, 3.05) is 0 Å². The van der Waals surface area contributed by atoms with Gasteiger partial charge in [0.2, 0.25) is 0 Å². The summed E-state index contributed by atoms with van der Waals surface area (Å²) in [6.45, 7) is 13.3. The minimum absolute atomic E-state index is 1.34. The van der Waals surface area contributed by atoms with Crippen LogP contribution in [0, 0.1) is 41.5 Å². The zero-order valence-electron chi connectivity index (χ0n) is 14.9. The van der Waals surface area contributed by atoms with Gasteiger partial charge in [0.1, 0.15) is 0 Å². The fourth-order valence-electron chi connectivity index (χ4n) is 3.84. The lowest BCUT2D eigenvalue weighted by atomic mass is 9.90. The molecular formula is C22H24S. The van der Waals surface area contributed by atoms with Crippen LogP contribution in [-0.4, -0.2) is 0 Å². The Morgan fingerprint density at radius 3 is 1.52 bits per heavy atom. The largest absolute Gasteiger partial charge is 0.143 e. The molecule has 0 spiro atoms. The average Bonchev–Trinajstić information content (AvgIpc) is 2.85. The van der Waals surface area contributed by atoms with Gasteiger partial charge in [-0.3, -0.25) is 0 Å². The van der Waals surface area contributed by atoms with Crippen molar-refractivity contribution in [1.82, 2.24) is 0 Å². The lowest BCUT2D eigenvalue weighted by Crippen LogP contribution is -1.93. The van der Waals surface area contributed by atoms with E-state index in [0.29, 0.717) is 0 Å². The second-order valence-corrected chi connectivity index (χ2v) is 7.63. The SMILES string of the molecule is Cc1cc(C)c(-c2ccsc2-c2c(C)cc(C)cc2C)c(C)c1. The second kappa shape index (κ2) is 5.98. The van der Waals surface area contributed by atoms with Gasteiger partial charge in [0.05, 0.1) is 0 Å². The first kappa shape index (κ1) is 16.0. The summed E-state index contributed by atoms with van der Waals surface area (Å²) < 4.78 is 0. The highest BCUT2D eigenvalue weighted by Gasteiger charge is 2.16. The van der Waals surface area contributed by atoms with Crippen molar-refractivity contribution in [3.8, 4) is 21.6 Å². The number of hydrogen-bond donors (Lipinski definition) is 0. The van der Waals surface area contributed by atoms with E-state index in [1.165, 1.54) is 54.9 Å². The first-order valence-corrected chi connectivity index (χ1v) is 9.00. The van der Waals surface area contributed by atoms with Gasteiger partial charge < -0.3 is 0 Å². The Kier molecular flexibility index (Phi) is 4.16. The maximum atomic E-state index is 2.29. The first-order chi connectivity index (χ1) is 10.9. The molecule has 23 heavy (non-hydrogen) atoms. The van der Waals surface area contributed by atoms with E-state index in [0.717, 1.165) is 0 Å². The van der Waals surface area contributed by atoms with Crippen molar-refractivity contribution in [1.29, 1.82) is 0 Å². The highest BCUT2D eigenvalue weighted by Crippen LogP contribution is 2.42. The monoisotopic (exact) mass is 320 g/mol. The molecule has 0 fully saturated rings. The van der Waals surface area contributed by atoms with Crippen molar-refractivity contribution in [2.45, 2.75) is 41.5 Å². The summed E-state index contributed by atoms with van der Waals surface area (Å²) in [7, 11) is 0. The average molecular weight is 321 g/mol. The van der Waals surface area contributed by atoms with E-state index < -0.39 is 0 Å². The maximum Gasteiger partial charge on any atom is 0.0426 e. The summed E-state index contributed by atoms with van der Waals surface area (Å²) in [4.78, 5) is 1.40. The Morgan fingerprint density at radius 1 is 0.609 bits per heavy atom. The van der Waals surface area contributed by atoms with E-state index in [1.807, 2.05) is 11.3 Å². The van der Waals surface area contributed by atoms with Crippen molar-refractivity contribution in [3.63, 3.8) is 0 Å². The fourth-order valence-corrected chi connectivity index (χ4v) is 4.92. The highest BCUT2D eigenvalue weighted by atomic mass is 32.1. The molecule has 2 aromatic carbocycles. The van der Waals surface area contributed by atoms with E-state index in [4.69, 9.17) is 0 Å². The minimum Gasteiger partial charge on any atom is -0.143 e. The normalized spacial score (nSPS) is 11.0. The Labute approximate surface area is 143 Å². The van der Waals surface area contributed by atoms with Crippen LogP contribution in [-0.2, 0) is 0 Å². The van der Waals surface area contributed by atoms with Crippen LogP contribution in [0.1, 0.15) is 33.4 Å². The summed E-state index contributed by atoms with van der Waals surface area (Å²) in [6.07, 6.45) is 0. The van der Waals surface area contributed by atoms with Gasteiger partial charge in [-0.2, -0.15) is 0 Å². The van der Waals surface area contributed by atoms with Gasteiger partial charge in [0, 0.05) is 10.4 Å². The molecule has 118 valence electrons. The maximum absolute atomic E-state index is 2.29. The zero-order chi connectivity index (χ0) is 16.7. The van der Waals surface area contributed by atoms with Gasteiger partial charge in [-0.15, -0.1) is 11.3 Å². The molecule has 3 rings (SSSR count). The van der Waals surface area contributed by atoms with Crippen LogP contribution in [0.5, 0.6) is 0 Å². The third kappa shape index (κ3) is 2.86. The van der Waals surface area contributed by atoms with Crippen LogP contribution in [0.4, 0.5) is 0 Å². The van der Waals surface area contributed by atoms with Crippen molar-refractivity contribution >= 4 is 11.3 Å². The third-order valence-electron chi connectivity index (χ3n) is 4.52. The van der Waals surface area contributed by atoms with Gasteiger partial charge in [-0.1, -0.05) is 35.4 Å². The predicted molar refractivity (Wildman–Crippen MR) is 104 cm³/mol. The number of benzene rings is 2. The number of hydrogen-bond acceptors (Lipinski definition) is 1. The van der Waals surface area contributed by atoms with Crippen LogP contribution in [0.2, 0.25) is 0 Å². The van der Waals surface area contributed by atoms with Gasteiger partial charge in [-0.25, -0.2) is 0 Å². The summed E-state index contributed by atoms with van der Waals surface area (Å²) in [5, 5.41) is 2.22. The Balaban J connectivity index is 2.27. The lowest BCUT2D eigenvalue weighted by Gasteiger charge is -2.16. The molecule has 0 nitrogen and oxygen atoms in total. The number of rotatable bonds is 2. The molecule has 1 aromatic heterocycles. The van der Waals surface area contributed by atoms with Crippen LogP contribution < -0.4 is 0 Å². The summed E-state index contributed by atoms with van der Waals surface area (Å²) in [5.74, 6) is 0. The molecule has 0 N–H and O–H groups in total. The van der Waals surface area contributed by atoms with Crippen molar-refractivity contribution in [2.24, 2.45) is 0 Å². The molecule has 0 saturated carbocycles. The molecule has 0 unspecified atom stereocenters. The fraction of sp³-hybridized carbons (Fsp3) is 0.273. The van der Waals surface area contributed by atoms with Crippen molar-refractivity contribution < 1.29 is 0 Å². The van der Waals surface area contributed by atoms with E-state index in [2.05, 4.69) is 77.3 Å². The smallest absolute Gasteiger partial charge is 0.0426 e. The molecule has 0 aliphatic carbocycles. The van der Waals surface area contributed by atoms with Gasteiger partial charge in [0.15, 0.2) is 0 Å². The van der Waals surface area contributed by atoms with E-state index in [1.54, 1.807) is 0 Å². The molecule has 0 radical (unpaired) electrons. The number of aryl methyl sites for hydroxylation is 6. The highest BCUT2D eigenvalue weighted by molar-refractivity contribution is 7.14. The lowest BCUT2D eigenvalue weighted by molar-refractivity contribution is 1.31. The van der Waals surface area contributed by atoms with Gasteiger partial charge in [-0.05, 0) is 86.4 Å². The summed E-state index contributed by atoms with van der Waals surface area (Å²) >= 11 is 1.85. The van der Waals surface area contributed by atoms with Crippen LogP contribution in [0.15, 0.2) is 35.7 Å². The molecule has 0 bridgehead atoms. The van der Waals surface area contributed by atoms with Crippen molar-refractivity contribution in [3.05, 3.63) is 69.1 Å². The molecule has 0 aliphatic heterocycles. The van der Waals surface area contributed by atoms with E-state index in [-0.39, 0.29) is 0 Å². The topological polar surface area (TPSA) is 0 Å². The Hall–Kier alpha value is -1.86. The predicted octanol–water partition coefficient (Wildman–Crippen LogP) is 6.93. The number of thiophene rings is 1. The molecule has 0 amide bonds. The van der Waals surface area contributed by atoms with Gasteiger partial charge in [0.25, 0.3) is 0 Å². The zero-order valence-corrected chi connectivity index (χ0v) is 15.7. The van der Waals surface area contributed by atoms with E-state index >= 15 is 0 Å². The summed E-state index contributed by atoms with van der Waals surface area (Å²) in [5.41, 5.74) is 12.3. The van der Waals surface area contributed by atoms with E-state index in [9.17, 15) is 0 Å². The minimum atomic E-state index is 1.34. The quantitative estimate of drug-likeness (QED) is 0.480. The molecule has 3 aromatic rings. The molecule has 0 atom stereocenters. The Morgan fingerprint density at radius 2 is 1.04 bits per heavy atom. The summed E-state index contributed by atoms with van der Waals surface area (Å²) in [6, 6.07) is 11.4. The van der Waals surface area contributed by atoms with Crippen LogP contribution >= 0.6 is 11.3 Å². The standard InChI is InChI=1S/C22H24S/c1-13-9-15(3)20(16(4)10-13)19-7-8-23-22(19)21-17(5)11-14(2)12-18(21)6/h7-12H,1-6H3. The molecule has 0 saturated heterocycles. The van der Waals surface area contributed by atoms with Crippen LogP contribution in [0.25, 0.3) is 21.6 Å². The molecule has 0 aliphatic rings. The molecular weight excluding hydrogens is 296 g/mol. The Bertz CT molecular complexity index is 763. The second-order valence-electron chi connectivity index (χ2n) is 6.71.